The molecular formula is C21H26ClFO5. The van der Waals surface area contributed by atoms with Gasteiger partial charge in [-0.05, 0) is 36.6 Å². The van der Waals surface area contributed by atoms with Crippen molar-refractivity contribution in [1.29, 1.82) is 0 Å². The highest BCUT2D eigenvalue weighted by atomic mass is 35.5. The molecular weight excluding hydrogens is 387 g/mol. The predicted molar refractivity (Wildman–Crippen MR) is 104 cm³/mol. The lowest BCUT2D eigenvalue weighted by Gasteiger charge is -2.25. The van der Waals surface area contributed by atoms with Crippen LogP contribution in [0.4, 0.5) is 4.39 Å². The number of halogens is 2. The Bertz CT molecular complexity index is 748. The van der Waals surface area contributed by atoms with E-state index in [9.17, 15) is 19.1 Å². The van der Waals surface area contributed by atoms with Gasteiger partial charge in [-0.2, -0.15) is 0 Å². The topological polar surface area (TPSA) is 72.8 Å². The van der Waals surface area contributed by atoms with Crippen LogP contribution >= 0.6 is 11.6 Å². The number of benzene rings is 1. The molecule has 154 valence electrons. The molecule has 7 heteroatoms. The van der Waals surface area contributed by atoms with Gasteiger partial charge in [-0.3, -0.25) is 4.79 Å². The van der Waals surface area contributed by atoms with Crippen LogP contribution < -0.4 is 0 Å². The van der Waals surface area contributed by atoms with Crippen molar-refractivity contribution in [3.8, 4) is 0 Å². The number of ether oxygens (including phenoxy) is 2. The Hall–Kier alpha value is -1.92. The van der Waals surface area contributed by atoms with Crippen molar-refractivity contribution in [2.24, 2.45) is 5.92 Å². The number of carbonyl (C=O) groups excluding carboxylic acids is 2. The zero-order chi connectivity index (χ0) is 20.7. The largest absolute Gasteiger partial charge is 0.461 e. The molecule has 5 nitrogen and oxygen atoms in total. The molecule has 1 fully saturated rings. The monoisotopic (exact) mass is 412 g/mol. The summed E-state index contributed by atoms with van der Waals surface area (Å²) in [4.78, 5) is 24.5. The quantitative estimate of drug-likeness (QED) is 0.483. The molecule has 1 aliphatic rings. The molecule has 0 saturated carbocycles. The number of aliphatic hydroxyl groups is 1. The Kier molecular flexibility index (Phi) is 8.01. The van der Waals surface area contributed by atoms with Gasteiger partial charge >= 0.3 is 11.9 Å². The summed E-state index contributed by atoms with van der Waals surface area (Å²) in [5, 5.41) is 9.76. The van der Waals surface area contributed by atoms with Crippen molar-refractivity contribution in [3.05, 3.63) is 40.2 Å². The normalized spacial score (nSPS) is 21.6. The average Bonchev–Trinajstić information content (AvgIpc) is 3.00. The summed E-state index contributed by atoms with van der Waals surface area (Å²) in [7, 11) is 0. The van der Waals surface area contributed by atoms with E-state index >= 15 is 0 Å². The summed E-state index contributed by atoms with van der Waals surface area (Å²) in [6.45, 7) is 3.27. The predicted octanol–water partition coefficient (Wildman–Crippen LogP) is 4.30. The molecule has 1 aromatic carbocycles. The lowest BCUT2D eigenvalue weighted by Crippen LogP contribution is -2.40. The van der Waals surface area contributed by atoms with Gasteiger partial charge in [0.1, 0.15) is 12.4 Å². The molecule has 0 bridgehead atoms. The van der Waals surface area contributed by atoms with Gasteiger partial charge in [-0.15, -0.1) is 0 Å². The molecule has 1 aromatic rings. The zero-order valence-electron chi connectivity index (χ0n) is 16.2. The van der Waals surface area contributed by atoms with E-state index in [0.29, 0.717) is 12.0 Å². The van der Waals surface area contributed by atoms with Gasteiger partial charge < -0.3 is 14.6 Å². The molecule has 28 heavy (non-hydrogen) atoms. The van der Waals surface area contributed by atoms with E-state index in [0.717, 1.165) is 19.3 Å². The molecule has 1 aliphatic heterocycles. The highest BCUT2D eigenvalue weighted by Gasteiger charge is 2.44. The average molecular weight is 413 g/mol. The Morgan fingerprint density at radius 3 is 2.82 bits per heavy atom. The van der Waals surface area contributed by atoms with E-state index in [-0.39, 0.29) is 35.5 Å². The van der Waals surface area contributed by atoms with Crippen LogP contribution in [0, 0.1) is 11.7 Å². The minimum atomic E-state index is -1.31. The van der Waals surface area contributed by atoms with Gasteiger partial charge in [-0.25, -0.2) is 9.18 Å². The lowest BCUT2D eigenvalue weighted by atomic mass is 9.97. The van der Waals surface area contributed by atoms with Crippen LogP contribution in [-0.4, -0.2) is 35.9 Å². The molecule has 2 atom stereocenters. The Morgan fingerprint density at radius 2 is 2.21 bits per heavy atom. The van der Waals surface area contributed by atoms with Crippen LogP contribution in [0.2, 0.25) is 5.02 Å². The molecule has 1 N–H and O–H groups in total. The summed E-state index contributed by atoms with van der Waals surface area (Å²) in [5.74, 6) is -1.78. The van der Waals surface area contributed by atoms with E-state index in [1.54, 1.807) is 6.07 Å². The maximum absolute atomic E-state index is 13.6. The fourth-order valence-electron chi connectivity index (χ4n) is 3.10. The first-order valence-corrected chi connectivity index (χ1v) is 9.88. The highest BCUT2D eigenvalue weighted by Crippen LogP contribution is 2.33. The van der Waals surface area contributed by atoms with Crippen LogP contribution in [0.3, 0.4) is 0 Å². The van der Waals surface area contributed by atoms with Gasteiger partial charge in [0.05, 0.1) is 17.5 Å². The molecule has 0 aliphatic carbocycles. The molecule has 1 saturated heterocycles. The number of hydrogen-bond acceptors (Lipinski definition) is 5. The third-order valence-corrected chi connectivity index (χ3v) is 5.17. The second kappa shape index (κ2) is 10.0. The first kappa shape index (κ1) is 22.4. The third-order valence-electron chi connectivity index (χ3n) is 4.87. The van der Waals surface area contributed by atoms with E-state index in [4.69, 9.17) is 21.1 Å². The van der Waals surface area contributed by atoms with E-state index < -0.39 is 24.0 Å². The van der Waals surface area contributed by atoms with Crippen LogP contribution in [0.5, 0.6) is 0 Å². The van der Waals surface area contributed by atoms with Crippen molar-refractivity contribution in [2.75, 3.05) is 13.2 Å². The lowest BCUT2D eigenvalue weighted by molar-refractivity contribution is -0.169. The number of rotatable bonds is 9. The molecule has 0 aromatic heterocycles. The SMILES string of the molecule is CCCCC(CC)C(=O)OCC1(CO)C/C(=C\c2ccc(Cl)c(F)c2)C(=O)O1. The van der Waals surface area contributed by atoms with Gasteiger partial charge in [0, 0.05) is 12.0 Å². The zero-order valence-corrected chi connectivity index (χ0v) is 16.9. The van der Waals surface area contributed by atoms with Gasteiger partial charge in [0.2, 0.25) is 0 Å². The molecule has 2 unspecified atom stereocenters. The Balaban J connectivity index is 2.07. The maximum Gasteiger partial charge on any atom is 0.334 e. The fraction of sp³-hybridized carbons (Fsp3) is 0.524. The van der Waals surface area contributed by atoms with Crippen LogP contribution in [0.1, 0.15) is 51.5 Å². The standard InChI is InChI=1S/C21H26ClFO5/c1-3-5-6-15(4-2)19(25)27-13-21(12-24)11-16(20(26)28-21)9-14-7-8-17(22)18(23)10-14/h7-10,15,24H,3-6,11-13H2,1-2H3/b16-9+. The van der Waals surface area contributed by atoms with Crippen molar-refractivity contribution in [1.82, 2.24) is 0 Å². The summed E-state index contributed by atoms with van der Waals surface area (Å²) in [6.07, 6.45) is 4.87. The van der Waals surface area contributed by atoms with Gasteiger partial charge in [0.25, 0.3) is 0 Å². The number of esters is 2. The molecule has 0 spiro atoms. The molecule has 0 radical (unpaired) electrons. The first-order chi connectivity index (χ1) is 13.3. The van der Waals surface area contributed by atoms with E-state index in [1.165, 1.54) is 18.2 Å². The van der Waals surface area contributed by atoms with Crippen LogP contribution in [-0.2, 0) is 19.1 Å². The van der Waals surface area contributed by atoms with E-state index in [1.807, 2.05) is 6.92 Å². The molecule has 0 amide bonds. The van der Waals surface area contributed by atoms with Crippen LogP contribution in [0.25, 0.3) is 6.08 Å². The molecule has 2 rings (SSSR count). The van der Waals surface area contributed by atoms with Gasteiger partial charge in [0.15, 0.2) is 5.60 Å². The third kappa shape index (κ3) is 5.55. The van der Waals surface area contributed by atoms with Crippen molar-refractivity contribution in [3.63, 3.8) is 0 Å². The second-order valence-corrected chi connectivity index (χ2v) is 7.51. The van der Waals surface area contributed by atoms with Gasteiger partial charge in [-0.1, -0.05) is 44.4 Å². The Morgan fingerprint density at radius 1 is 1.46 bits per heavy atom. The number of carbonyl (C=O) groups is 2. The summed E-state index contributed by atoms with van der Waals surface area (Å²) in [5.41, 5.74) is -0.595. The number of hydrogen-bond donors (Lipinski definition) is 1. The molecule has 1 heterocycles. The highest BCUT2D eigenvalue weighted by molar-refractivity contribution is 6.30. The Labute approximate surface area is 169 Å². The minimum Gasteiger partial charge on any atom is -0.461 e. The summed E-state index contributed by atoms with van der Waals surface area (Å²) < 4.78 is 24.3. The summed E-state index contributed by atoms with van der Waals surface area (Å²) in [6, 6.07) is 4.18. The number of unbranched alkanes of at least 4 members (excludes halogenated alkanes) is 1. The smallest absolute Gasteiger partial charge is 0.334 e. The van der Waals surface area contributed by atoms with Crippen molar-refractivity contribution >= 4 is 29.6 Å². The fourth-order valence-corrected chi connectivity index (χ4v) is 3.22. The van der Waals surface area contributed by atoms with E-state index in [2.05, 4.69) is 6.92 Å². The van der Waals surface area contributed by atoms with Crippen molar-refractivity contribution < 1.29 is 28.6 Å². The van der Waals surface area contributed by atoms with Crippen molar-refractivity contribution in [2.45, 2.75) is 51.6 Å². The van der Waals surface area contributed by atoms with Crippen LogP contribution in [0.15, 0.2) is 23.8 Å². The number of aliphatic hydroxyl groups excluding tert-OH is 1. The first-order valence-electron chi connectivity index (χ1n) is 9.50. The number of cyclic esters (lactones) is 1. The summed E-state index contributed by atoms with van der Waals surface area (Å²) >= 11 is 5.66. The second-order valence-electron chi connectivity index (χ2n) is 7.11. The minimum absolute atomic E-state index is 0.0127. The maximum atomic E-state index is 13.6.